The number of benzene rings is 1. The number of nitriles is 1. The molecule has 3 rings (SSSR count). The molecule has 0 bridgehead atoms. The zero-order chi connectivity index (χ0) is 21.7. The lowest BCUT2D eigenvalue weighted by Crippen LogP contribution is -2.43. The van der Waals surface area contributed by atoms with Gasteiger partial charge in [0, 0.05) is 25.7 Å². The smallest absolute Gasteiger partial charge is 0.414 e. The van der Waals surface area contributed by atoms with Gasteiger partial charge >= 0.3 is 6.09 Å². The second-order valence-electron chi connectivity index (χ2n) is 7.18. The summed E-state index contributed by atoms with van der Waals surface area (Å²) in [5, 5.41) is 18.0. The summed E-state index contributed by atoms with van der Waals surface area (Å²) < 4.78 is 20.2. The monoisotopic (exact) mass is 433 g/mol. The minimum atomic E-state index is -0.566. The molecule has 1 aromatic rings. The van der Waals surface area contributed by atoms with Gasteiger partial charge in [0.15, 0.2) is 5.11 Å². The summed E-state index contributed by atoms with van der Waals surface area (Å²) in [6.45, 7) is 1.88. The number of aliphatic hydroxyl groups excluding tert-OH is 1. The van der Waals surface area contributed by atoms with E-state index in [4.69, 9.17) is 33.1 Å². The molecule has 0 radical (unpaired) electrons. The van der Waals surface area contributed by atoms with Gasteiger partial charge in [0.1, 0.15) is 11.9 Å². The van der Waals surface area contributed by atoms with E-state index < -0.39 is 18.0 Å². The highest BCUT2D eigenvalue weighted by molar-refractivity contribution is 7.80. The number of piperidine rings is 1. The molecule has 160 valence electrons. The van der Waals surface area contributed by atoms with Gasteiger partial charge in [-0.3, -0.25) is 4.90 Å². The maximum absolute atomic E-state index is 14.8. The maximum Gasteiger partial charge on any atom is 0.414 e. The second-order valence-corrected chi connectivity index (χ2v) is 7.60. The molecule has 8 nitrogen and oxygen atoms in total. The Hall–Kier alpha value is -2.90. The third-order valence-corrected chi connectivity index (χ3v) is 5.50. The zero-order valence-electron chi connectivity index (χ0n) is 16.5. The lowest BCUT2D eigenvalue weighted by molar-refractivity contribution is 0.122. The molecule has 2 fully saturated rings. The van der Waals surface area contributed by atoms with Gasteiger partial charge in [-0.15, -0.1) is 0 Å². The number of hydrogen-bond acceptors (Lipinski definition) is 6. The number of rotatable bonds is 6. The minimum absolute atomic E-state index is 0.114. The molecule has 2 saturated heterocycles. The van der Waals surface area contributed by atoms with Crippen LogP contribution in [0.2, 0.25) is 0 Å². The molecule has 30 heavy (non-hydrogen) atoms. The Bertz CT molecular complexity index is 878. The standard InChI is InChI=1S/C20H24FN5O3S/c21-17-11-15(1-2-18(17)24-7-4-14(3-6-22)5-8-24)26-13-16(29-20(26)28)12-25(9-10-27)19(23)30/h1-3,11,16,27H,4-5,7-10,12-13H2,(H2,23,30)/t16-/m1/s1. The summed E-state index contributed by atoms with van der Waals surface area (Å²) in [4.78, 5) is 17.2. The molecule has 10 heteroatoms. The Morgan fingerprint density at radius 1 is 1.47 bits per heavy atom. The van der Waals surface area contributed by atoms with Crippen LogP contribution in [0.4, 0.5) is 20.6 Å². The van der Waals surface area contributed by atoms with Crippen molar-refractivity contribution in [1.29, 1.82) is 5.26 Å². The number of carbonyl (C=O) groups excluding carboxylic acids is 1. The number of carbonyl (C=O) groups is 1. The van der Waals surface area contributed by atoms with Crippen LogP contribution in [-0.2, 0) is 4.74 Å². The minimum Gasteiger partial charge on any atom is -0.442 e. The van der Waals surface area contributed by atoms with Crippen LogP contribution < -0.4 is 15.5 Å². The van der Waals surface area contributed by atoms with Crippen LogP contribution in [0, 0.1) is 17.1 Å². The quantitative estimate of drug-likeness (QED) is 0.516. The number of thiocarbonyl (C=S) groups is 1. The van der Waals surface area contributed by atoms with Crippen LogP contribution in [0.5, 0.6) is 0 Å². The number of amides is 1. The molecule has 0 spiro atoms. The summed E-state index contributed by atoms with van der Waals surface area (Å²) in [5.74, 6) is -0.415. The van der Waals surface area contributed by atoms with Gasteiger partial charge in [0.25, 0.3) is 0 Å². The molecule has 3 N–H and O–H groups in total. The van der Waals surface area contributed by atoms with Crippen molar-refractivity contribution in [2.24, 2.45) is 5.73 Å². The molecule has 2 heterocycles. The predicted octanol–water partition coefficient (Wildman–Crippen LogP) is 1.74. The molecule has 2 aliphatic heterocycles. The van der Waals surface area contributed by atoms with Crippen molar-refractivity contribution in [1.82, 2.24) is 4.90 Å². The topological polar surface area (TPSA) is 106 Å². The molecule has 1 aromatic carbocycles. The first-order valence-corrected chi connectivity index (χ1v) is 10.1. The molecule has 1 atom stereocenters. The lowest BCUT2D eigenvalue weighted by Gasteiger charge is -2.30. The number of aliphatic hydroxyl groups is 1. The molecular weight excluding hydrogens is 409 g/mol. The average molecular weight is 434 g/mol. The number of allylic oxidation sites excluding steroid dienone is 1. The van der Waals surface area contributed by atoms with Gasteiger partial charge in [-0.2, -0.15) is 5.26 Å². The van der Waals surface area contributed by atoms with Crippen LogP contribution in [-0.4, -0.2) is 66.6 Å². The van der Waals surface area contributed by atoms with Crippen molar-refractivity contribution in [3.63, 3.8) is 0 Å². The predicted molar refractivity (Wildman–Crippen MR) is 115 cm³/mol. The maximum atomic E-state index is 14.8. The number of hydrogen-bond donors (Lipinski definition) is 2. The molecule has 0 unspecified atom stereocenters. The lowest BCUT2D eigenvalue weighted by atomic mass is 10.0. The van der Waals surface area contributed by atoms with E-state index in [2.05, 4.69) is 0 Å². The fourth-order valence-electron chi connectivity index (χ4n) is 3.68. The molecule has 0 aromatic heterocycles. The molecule has 1 amide bonds. The van der Waals surface area contributed by atoms with E-state index in [1.165, 1.54) is 11.0 Å². The average Bonchev–Trinajstić information content (AvgIpc) is 3.08. The van der Waals surface area contributed by atoms with Crippen molar-refractivity contribution >= 4 is 34.8 Å². The largest absolute Gasteiger partial charge is 0.442 e. The molecule has 0 aliphatic carbocycles. The summed E-state index contributed by atoms with van der Waals surface area (Å²) >= 11 is 4.95. The summed E-state index contributed by atoms with van der Waals surface area (Å²) in [6, 6.07) is 6.73. The van der Waals surface area contributed by atoms with E-state index >= 15 is 0 Å². The Morgan fingerprint density at radius 2 is 2.20 bits per heavy atom. The van der Waals surface area contributed by atoms with Crippen molar-refractivity contribution in [3.8, 4) is 6.07 Å². The fourth-order valence-corrected chi connectivity index (χ4v) is 3.84. The van der Waals surface area contributed by atoms with E-state index in [0.29, 0.717) is 24.5 Å². The molecular formula is C20H24FN5O3S. The van der Waals surface area contributed by atoms with Gasteiger partial charge in [-0.05, 0) is 43.3 Å². The summed E-state index contributed by atoms with van der Waals surface area (Å²) in [6.07, 6.45) is 1.94. The van der Waals surface area contributed by atoms with Gasteiger partial charge in [-0.25, -0.2) is 9.18 Å². The number of anilines is 2. The van der Waals surface area contributed by atoms with Crippen LogP contribution in [0.15, 0.2) is 29.8 Å². The zero-order valence-corrected chi connectivity index (χ0v) is 17.3. The van der Waals surface area contributed by atoms with Crippen molar-refractivity contribution in [2.45, 2.75) is 18.9 Å². The third kappa shape index (κ3) is 4.98. The Kier molecular flexibility index (Phi) is 7.07. The van der Waals surface area contributed by atoms with E-state index in [-0.39, 0.29) is 31.4 Å². The highest BCUT2D eigenvalue weighted by atomic mass is 32.1. The van der Waals surface area contributed by atoms with Crippen molar-refractivity contribution in [3.05, 3.63) is 35.7 Å². The first-order valence-electron chi connectivity index (χ1n) is 9.68. The number of ether oxygens (including phenoxy) is 1. The summed E-state index contributed by atoms with van der Waals surface area (Å²) in [5.41, 5.74) is 7.59. The van der Waals surface area contributed by atoms with Gasteiger partial charge in [0.05, 0.1) is 37.1 Å². The Morgan fingerprint density at radius 3 is 2.80 bits per heavy atom. The number of halogens is 1. The van der Waals surface area contributed by atoms with E-state index in [1.54, 1.807) is 23.1 Å². The van der Waals surface area contributed by atoms with Crippen LogP contribution in [0.3, 0.4) is 0 Å². The first-order chi connectivity index (χ1) is 14.4. The number of cyclic esters (lactones) is 1. The van der Waals surface area contributed by atoms with E-state index in [1.807, 2.05) is 11.0 Å². The van der Waals surface area contributed by atoms with Crippen LogP contribution in [0.1, 0.15) is 12.8 Å². The van der Waals surface area contributed by atoms with Gasteiger partial charge < -0.3 is 25.4 Å². The van der Waals surface area contributed by atoms with Crippen molar-refractivity contribution < 1.29 is 19.0 Å². The highest BCUT2D eigenvalue weighted by Gasteiger charge is 2.34. The van der Waals surface area contributed by atoms with E-state index in [0.717, 1.165) is 18.4 Å². The normalized spacial score (nSPS) is 18.8. The SMILES string of the molecule is N#CC=C1CCN(c2ccc(N3C[C@@H](CN(CCO)C(N)=S)OC3=O)cc2F)CC1. The Labute approximate surface area is 179 Å². The first kappa shape index (κ1) is 21.8. The van der Waals surface area contributed by atoms with Crippen molar-refractivity contribution in [2.75, 3.05) is 49.1 Å². The highest BCUT2D eigenvalue weighted by Crippen LogP contribution is 2.30. The van der Waals surface area contributed by atoms with Crippen LogP contribution in [0.25, 0.3) is 0 Å². The fraction of sp³-hybridized carbons (Fsp3) is 0.450. The number of nitrogens with zero attached hydrogens (tertiary/aromatic N) is 4. The molecule has 2 aliphatic rings. The Balaban J connectivity index is 1.66. The van der Waals surface area contributed by atoms with Gasteiger partial charge in [0.2, 0.25) is 0 Å². The van der Waals surface area contributed by atoms with E-state index in [9.17, 15) is 9.18 Å². The third-order valence-electron chi connectivity index (χ3n) is 5.24. The van der Waals surface area contributed by atoms with Crippen LogP contribution >= 0.6 is 12.2 Å². The number of nitrogens with two attached hydrogens (primary N) is 1. The summed E-state index contributed by atoms with van der Waals surface area (Å²) in [7, 11) is 0. The second kappa shape index (κ2) is 9.73. The molecule has 0 saturated carbocycles. The van der Waals surface area contributed by atoms with Gasteiger partial charge in [-0.1, -0.05) is 5.57 Å².